The molecule has 2 heterocycles. The number of benzene rings is 1. The number of rotatable bonds is 2. The fourth-order valence-corrected chi connectivity index (χ4v) is 2.24. The summed E-state index contributed by atoms with van der Waals surface area (Å²) in [5, 5.41) is 0. The molecular weight excluding hydrogens is 200 g/mol. The Balaban J connectivity index is 1.75. The molecule has 0 aliphatic carbocycles. The first-order valence-corrected chi connectivity index (χ1v) is 5.42. The maximum atomic E-state index is 5.78. The van der Waals surface area contributed by atoms with Gasteiger partial charge in [0.15, 0.2) is 0 Å². The van der Waals surface area contributed by atoms with Gasteiger partial charge in [0.05, 0.1) is 12.5 Å². The third kappa shape index (κ3) is 1.70. The lowest BCUT2D eigenvalue weighted by Gasteiger charge is -2.12. The topological polar surface area (TPSA) is 42.4 Å². The molecule has 0 fully saturated rings. The van der Waals surface area contributed by atoms with Gasteiger partial charge in [-0.15, -0.1) is 0 Å². The molecule has 0 amide bonds. The molecule has 1 aliphatic rings. The van der Waals surface area contributed by atoms with E-state index in [-0.39, 0.29) is 0 Å². The van der Waals surface area contributed by atoms with E-state index >= 15 is 0 Å². The second-order valence-electron chi connectivity index (χ2n) is 4.30. The lowest BCUT2D eigenvalue weighted by molar-refractivity contribution is 0.274. The third-order valence-electron chi connectivity index (χ3n) is 3.00. The van der Waals surface area contributed by atoms with Gasteiger partial charge < -0.3 is 10.2 Å². The minimum absolute atomic E-state index is 0.851. The smallest absolute Gasteiger partial charge is 0.0947 e. The van der Waals surface area contributed by atoms with Crippen LogP contribution in [0.3, 0.4) is 0 Å². The molecule has 0 saturated carbocycles. The van der Waals surface area contributed by atoms with Gasteiger partial charge in [0, 0.05) is 30.9 Å². The Morgan fingerprint density at radius 1 is 1.19 bits per heavy atom. The Hall–Kier alpha value is -1.74. The van der Waals surface area contributed by atoms with Crippen molar-refractivity contribution >= 4 is 5.69 Å². The van der Waals surface area contributed by atoms with Crippen LogP contribution in [0.4, 0.5) is 5.69 Å². The van der Waals surface area contributed by atoms with E-state index in [4.69, 9.17) is 10.2 Å². The Kier molecular flexibility index (Phi) is 2.18. The molecular formula is C13H14N2O. The first-order chi connectivity index (χ1) is 7.81. The zero-order chi connectivity index (χ0) is 11.0. The van der Waals surface area contributed by atoms with Crippen LogP contribution in [0.15, 0.2) is 41.2 Å². The molecule has 2 N–H and O–H groups in total. The van der Waals surface area contributed by atoms with Gasteiger partial charge in [-0.05, 0) is 29.3 Å². The molecule has 3 heteroatoms. The van der Waals surface area contributed by atoms with Crippen molar-refractivity contribution in [2.45, 2.75) is 19.6 Å². The molecule has 0 bridgehead atoms. The van der Waals surface area contributed by atoms with Crippen LogP contribution in [0, 0.1) is 0 Å². The lowest BCUT2D eigenvalue weighted by Crippen LogP contribution is -2.14. The highest BCUT2D eigenvalue weighted by atomic mass is 16.3. The molecule has 2 aromatic rings. The van der Waals surface area contributed by atoms with E-state index in [0.29, 0.717) is 0 Å². The highest BCUT2D eigenvalue weighted by Crippen LogP contribution is 2.25. The Morgan fingerprint density at radius 3 is 2.88 bits per heavy atom. The maximum Gasteiger partial charge on any atom is 0.0947 e. The van der Waals surface area contributed by atoms with E-state index in [9.17, 15) is 0 Å². The molecule has 3 rings (SSSR count). The number of nitrogen functional groups attached to an aromatic ring is 1. The summed E-state index contributed by atoms with van der Waals surface area (Å²) in [6.45, 7) is 2.91. The van der Waals surface area contributed by atoms with E-state index in [2.05, 4.69) is 17.0 Å². The van der Waals surface area contributed by atoms with Crippen molar-refractivity contribution in [3.63, 3.8) is 0 Å². The first kappa shape index (κ1) is 9.48. The largest absolute Gasteiger partial charge is 0.472 e. The number of hydrogen-bond acceptors (Lipinski definition) is 3. The summed E-state index contributed by atoms with van der Waals surface area (Å²) in [5.74, 6) is 0. The van der Waals surface area contributed by atoms with Crippen LogP contribution < -0.4 is 5.73 Å². The van der Waals surface area contributed by atoms with Crippen molar-refractivity contribution < 1.29 is 4.42 Å². The Morgan fingerprint density at radius 2 is 2.06 bits per heavy atom. The van der Waals surface area contributed by atoms with Gasteiger partial charge >= 0.3 is 0 Å². The highest BCUT2D eigenvalue weighted by Gasteiger charge is 2.18. The average Bonchev–Trinajstić information content (AvgIpc) is 2.86. The van der Waals surface area contributed by atoms with Gasteiger partial charge in [-0.1, -0.05) is 6.07 Å². The van der Waals surface area contributed by atoms with Crippen LogP contribution in [0.1, 0.15) is 16.7 Å². The average molecular weight is 214 g/mol. The van der Waals surface area contributed by atoms with Crippen LogP contribution in [-0.2, 0) is 19.6 Å². The minimum Gasteiger partial charge on any atom is -0.472 e. The first-order valence-electron chi connectivity index (χ1n) is 5.42. The van der Waals surface area contributed by atoms with Gasteiger partial charge in [-0.25, -0.2) is 0 Å². The van der Waals surface area contributed by atoms with Gasteiger partial charge in [-0.3, -0.25) is 4.90 Å². The van der Waals surface area contributed by atoms with Gasteiger partial charge in [0.1, 0.15) is 0 Å². The van der Waals surface area contributed by atoms with Crippen molar-refractivity contribution in [1.82, 2.24) is 4.90 Å². The van der Waals surface area contributed by atoms with Gasteiger partial charge in [0.25, 0.3) is 0 Å². The molecule has 16 heavy (non-hydrogen) atoms. The number of anilines is 1. The fraction of sp³-hybridized carbons (Fsp3) is 0.231. The van der Waals surface area contributed by atoms with E-state index in [0.717, 1.165) is 25.3 Å². The molecule has 0 radical (unpaired) electrons. The maximum absolute atomic E-state index is 5.78. The summed E-state index contributed by atoms with van der Waals surface area (Å²) in [6, 6.07) is 8.18. The summed E-state index contributed by atoms with van der Waals surface area (Å²) in [6.07, 6.45) is 3.52. The molecule has 1 aliphatic heterocycles. The van der Waals surface area contributed by atoms with Crippen LogP contribution in [0.2, 0.25) is 0 Å². The van der Waals surface area contributed by atoms with Crippen LogP contribution in [0.5, 0.6) is 0 Å². The van der Waals surface area contributed by atoms with Crippen molar-refractivity contribution in [3.05, 3.63) is 53.5 Å². The second-order valence-corrected chi connectivity index (χ2v) is 4.30. The van der Waals surface area contributed by atoms with E-state index in [1.54, 1.807) is 12.5 Å². The summed E-state index contributed by atoms with van der Waals surface area (Å²) >= 11 is 0. The number of furan rings is 1. The predicted octanol–water partition coefficient (Wildman–Crippen LogP) is 2.38. The van der Waals surface area contributed by atoms with Crippen molar-refractivity contribution in [2.75, 3.05) is 5.73 Å². The summed E-state index contributed by atoms with van der Waals surface area (Å²) in [4.78, 5) is 2.38. The number of hydrogen-bond donors (Lipinski definition) is 1. The number of fused-ring (bicyclic) bond motifs is 1. The van der Waals surface area contributed by atoms with Crippen LogP contribution in [-0.4, -0.2) is 4.90 Å². The van der Waals surface area contributed by atoms with E-state index in [1.807, 2.05) is 12.1 Å². The van der Waals surface area contributed by atoms with Crippen LogP contribution >= 0.6 is 0 Å². The molecule has 82 valence electrons. The third-order valence-corrected chi connectivity index (χ3v) is 3.00. The Bertz CT molecular complexity index is 491. The summed E-state index contributed by atoms with van der Waals surface area (Å²) < 4.78 is 5.07. The summed E-state index contributed by atoms with van der Waals surface area (Å²) in [5.41, 5.74) is 10.6. The van der Waals surface area contributed by atoms with Crippen molar-refractivity contribution in [1.29, 1.82) is 0 Å². The SMILES string of the molecule is Nc1ccc2c(c1)CN(Cc1ccoc1)C2. The fourth-order valence-electron chi connectivity index (χ4n) is 2.24. The molecule has 3 nitrogen and oxygen atoms in total. The van der Waals surface area contributed by atoms with Crippen molar-refractivity contribution in [3.8, 4) is 0 Å². The van der Waals surface area contributed by atoms with Gasteiger partial charge in [0.2, 0.25) is 0 Å². The van der Waals surface area contributed by atoms with Gasteiger partial charge in [-0.2, -0.15) is 0 Å². The molecule has 0 unspecified atom stereocenters. The zero-order valence-corrected chi connectivity index (χ0v) is 9.02. The van der Waals surface area contributed by atoms with E-state index in [1.165, 1.54) is 16.7 Å². The normalized spacial score (nSPS) is 15.2. The predicted molar refractivity (Wildman–Crippen MR) is 62.5 cm³/mol. The summed E-state index contributed by atoms with van der Waals surface area (Å²) in [7, 11) is 0. The monoisotopic (exact) mass is 214 g/mol. The van der Waals surface area contributed by atoms with Crippen molar-refractivity contribution in [2.24, 2.45) is 0 Å². The second kappa shape index (κ2) is 3.68. The zero-order valence-electron chi connectivity index (χ0n) is 9.02. The van der Waals surface area contributed by atoms with E-state index < -0.39 is 0 Å². The Labute approximate surface area is 94.5 Å². The van der Waals surface area contributed by atoms with Crippen LogP contribution in [0.25, 0.3) is 0 Å². The minimum atomic E-state index is 0.851. The number of nitrogens with two attached hydrogens (primary N) is 1. The standard InChI is InChI=1S/C13H14N2O/c14-13-2-1-11-7-15(8-12(11)5-13)6-10-3-4-16-9-10/h1-5,9H,6-8,14H2. The molecule has 0 spiro atoms. The molecule has 1 aromatic heterocycles. The molecule has 1 aromatic carbocycles. The highest BCUT2D eigenvalue weighted by molar-refractivity contribution is 5.46. The molecule has 0 saturated heterocycles. The number of nitrogens with zero attached hydrogens (tertiary/aromatic N) is 1. The quantitative estimate of drug-likeness (QED) is 0.780. The lowest BCUT2D eigenvalue weighted by atomic mass is 10.1. The molecule has 0 atom stereocenters.